The number of aliphatic hydroxyl groups excluding tert-OH is 1. The fourth-order valence-electron chi connectivity index (χ4n) is 2.08. The van der Waals surface area contributed by atoms with Crippen LogP contribution in [0, 0.1) is 12.7 Å². The summed E-state index contributed by atoms with van der Waals surface area (Å²) < 4.78 is 20.4. The topological polar surface area (TPSA) is 29.5 Å². The molecule has 112 valence electrons. The van der Waals surface area contributed by atoms with E-state index in [0.717, 1.165) is 16.6 Å². The summed E-state index contributed by atoms with van der Waals surface area (Å²) in [7, 11) is 0. The van der Waals surface area contributed by atoms with Gasteiger partial charge in [-0.1, -0.05) is 31.2 Å². The smallest absolute Gasteiger partial charge is 0.133 e. The van der Waals surface area contributed by atoms with Crippen LogP contribution < -0.4 is 4.74 Å². The van der Waals surface area contributed by atoms with E-state index in [-0.39, 0.29) is 11.4 Å². The lowest BCUT2D eigenvalue weighted by Crippen LogP contribution is -2.04. The number of hydrogen-bond acceptors (Lipinski definition) is 2. The monoisotopic (exact) mass is 352 g/mol. The molecule has 1 atom stereocenters. The highest BCUT2D eigenvalue weighted by Gasteiger charge is 2.17. The Morgan fingerprint density at radius 3 is 2.71 bits per heavy atom. The maximum Gasteiger partial charge on any atom is 0.133 e. The summed E-state index contributed by atoms with van der Waals surface area (Å²) in [6.07, 6.45) is -0.0767. The van der Waals surface area contributed by atoms with Crippen molar-refractivity contribution in [1.29, 1.82) is 0 Å². The molecule has 2 aromatic rings. The minimum atomic E-state index is -0.999. The molecule has 4 heteroatoms. The summed E-state index contributed by atoms with van der Waals surface area (Å²) >= 11 is 3.42. The third-order valence-corrected chi connectivity index (χ3v) is 3.87. The maximum atomic E-state index is 14.1. The van der Waals surface area contributed by atoms with E-state index in [2.05, 4.69) is 15.9 Å². The lowest BCUT2D eigenvalue weighted by Gasteiger charge is -2.15. The predicted molar refractivity (Wildman–Crippen MR) is 85.1 cm³/mol. The van der Waals surface area contributed by atoms with Crippen LogP contribution >= 0.6 is 15.9 Å². The quantitative estimate of drug-likeness (QED) is 0.839. The number of benzene rings is 2. The van der Waals surface area contributed by atoms with Gasteiger partial charge in [0, 0.05) is 5.56 Å². The van der Waals surface area contributed by atoms with Crippen molar-refractivity contribution in [1.82, 2.24) is 0 Å². The summed E-state index contributed by atoms with van der Waals surface area (Å²) in [5.74, 6) is 0.352. The first-order valence-electron chi connectivity index (χ1n) is 6.90. The lowest BCUT2D eigenvalue weighted by atomic mass is 9.99. The summed E-state index contributed by atoms with van der Waals surface area (Å²) in [5, 5.41) is 10.4. The zero-order valence-corrected chi connectivity index (χ0v) is 13.7. The zero-order chi connectivity index (χ0) is 15.4. The Morgan fingerprint density at radius 1 is 1.29 bits per heavy atom. The Morgan fingerprint density at radius 2 is 2.05 bits per heavy atom. The Labute approximate surface area is 132 Å². The molecular formula is C17H18BrFO2. The second-order valence-electron chi connectivity index (χ2n) is 4.92. The van der Waals surface area contributed by atoms with E-state index < -0.39 is 6.10 Å². The second kappa shape index (κ2) is 7.05. The molecule has 2 aromatic carbocycles. The van der Waals surface area contributed by atoms with Gasteiger partial charge in [-0.3, -0.25) is 0 Å². The first kappa shape index (κ1) is 16.0. The van der Waals surface area contributed by atoms with Crippen molar-refractivity contribution in [2.75, 3.05) is 6.61 Å². The van der Waals surface area contributed by atoms with Gasteiger partial charge in [0.15, 0.2) is 0 Å². The van der Waals surface area contributed by atoms with Crippen molar-refractivity contribution in [3.63, 3.8) is 0 Å². The van der Waals surface area contributed by atoms with Gasteiger partial charge < -0.3 is 9.84 Å². The standard InChI is InChI=1S/C17H18BrFO2/c1-3-9-21-15-8-7-12(10-14(15)18)17(20)13-6-4-5-11(2)16(13)19/h4-8,10,17,20H,3,9H2,1-2H3. The maximum absolute atomic E-state index is 14.1. The van der Waals surface area contributed by atoms with E-state index in [4.69, 9.17) is 4.74 Å². The van der Waals surface area contributed by atoms with Crippen molar-refractivity contribution >= 4 is 15.9 Å². The van der Waals surface area contributed by atoms with Gasteiger partial charge in [-0.15, -0.1) is 0 Å². The van der Waals surface area contributed by atoms with Gasteiger partial charge in [-0.05, 0) is 52.5 Å². The molecule has 0 spiro atoms. The predicted octanol–water partition coefficient (Wildman–Crippen LogP) is 4.77. The number of rotatable bonds is 5. The molecule has 0 aliphatic carbocycles. The molecule has 2 rings (SSSR count). The average molecular weight is 353 g/mol. The van der Waals surface area contributed by atoms with E-state index in [1.165, 1.54) is 0 Å². The highest BCUT2D eigenvalue weighted by Crippen LogP contribution is 2.32. The van der Waals surface area contributed by atoms with Crippen LogP contribution in [0.2, 0.25) is 0 Å². The third-order valence-electron chi connectivity index (χ3n) is 3.25. The molecule has 0 bridgehead atoms. The SMILES string of the molecule is CCCOc1ccc(C(O)c2cccc(C)c2F)cc1Br. The molecule has 1 N–H and O–H groups in total. The number of halogens is 2. The minimum absolute atomic E-state index is 0.282. The Bertz CT molecular complexity index is 628. The summed E-state index contributed by atoms with van der Waals surface area (Å²) in [5.41, 5.74) is 1.42. The molecule has 0 aliphatic rings. The molecule has 0 aromatic heterocycles. The summed E-state index contributed by atoms with van der Waals surface area (Å²) in [4.78, 5) is 0. The number of aliphatic hydroxyl groups is 1. The summed E-state index contributed by atoms with van der Waals surface area (Å²) in [6, 6.07) is 10.3. The Hall–Kier alpha value is -1.39. The molecule has 0 amide bonds. The first-order valence-corrected chi connectivity index (χ1v) is 7.69. The van der Waals surface area contributed by atoms with Crippen LogP contribution in [0.3, 0.4) is 0 Å². The lowest BCUT2D eigenvalue weighted by molar-refractivity contribution is 0.214. The van der Waals surface area contributed by atoms with E-state index >= 15 is 0 Å². The van der Waals surface area contributed by atoms with E-state index in [9.17, 15) is 9.50 Å². The van der Waals surface area contributed by atoms with Gasteiger partial charge in [0.1, 0.15) is 17.7 Å². The molecular weight excluding hydrogens is 335 g/mol. The van der Waals surface area contributed by atoms with Crippen LogP contribution in [-0.2, 0) is 0 Å². The highest BCUT2D eigenvalue weighted by atomic mass is 79.9. The van der Waals surface area contributed by atoms with Crippen LogP contribution in [0.1, 0.15) is 36.1 Å². The molecule has 0 radical (unpaired) electrons. The summed E-state index contributed by atoms with van der Waals surface area (Å²) in [6.45, 7) is 4.35. The van der Waals surface area contributed by atoms with Crippen molar-refractivity contribution in [3.05, 3.63) is 63.4 Å². The average Bonchev–Trinajstić information content (AvgIpc) is 2.48. The number of ether oxygens (including phenoxy) is 1. The normalized spacial score (nSPS) is 12.2. The van der Waals surface area contributed by atoms with Crippen molar-refractivity contribution in [2.45, 2.75) is 26.4 Å². The van der Waals surface area contributed by atoms with E-state index in [1.807, 2.05) is 6.92 Å². The van der Waals surface area contributed by atoms with Crippen LogP contribution in [0.25, 0.3) is 0 Å². The molecule has 0 saturated heterocycles. The van der Waals surface area contributed by atoms with Gasteiger partial charge in [-0.25, -0.2) is 4.39 Å². The van der Waals surface area contributed by atoms with Gasteiger partial charge in [0.2, 0.25) is 0 Å². The highest BCUT2D eigenvalue weighted by molar-refractivity contribution is 9.10. The molecule has 0 saturated carbocycles. The zero-order valence-electron chi connectivity index (χ0n) is 12.1. The van der Waals surface area contributed by atoms with Crippen LogP contribution in [0.4, 0.5) is 4.39 Å². The molecule has 0 heterocycles. The second-order valence-corrected chi connectivity index (χ2v) is 5.77. The van der Waals surface area contributed by atoms with Crippen molar-refractivity contribution < 1.29 is 14.2 Å². The van der Waals surface area contributed by atoms with Gasteiger partial charge in [0.25, 0.3) is 0 Å². The first-order chi connectivity index (χ1) is 10.0. The Balaban J connectivity index is 2.29. The van der Waals surface area contributed by atoms with E-state index in [1.54, 1.807) is 43.3 Å². The van der Waals surface area contributed by atoms with E-state index in [0.29, 0.717) is 17.7 Å². The molecule has 0 aliphatic heterocycles. The Kier molecular flexibility index (Phi) is 5.37. The molecule has 1 unspecified atom stereocenters. The minimum Gasteiger partial charge on any atom is -0.492 e. The fraction of sp³-hybridized carbons (Fsp3) is 0.294. The fourth-order valence-corrected chi connectivity index (χ4v) is 2.59. The number of aryl methyl sites for hydroxylation is 1. The van der Waals surface area contributed by atoms with Crippen LogP contribution in [0.5, 0.6) is 5.75 Å². The van der Waals surface area contributed by atoms with Crippen molar-refractivity contribution in [2.24, 2.45) is 0 Å². The van der Waals surface area contributed by atoms with Gasteiger partial charge in [0.05, 0.1) is 11.1 Å². The molecule has 21 heavy (non-hydrogen) atoms. The molecule has 2 nitrogen and oxygen atoms in total. The van der Waals surface area contributed by atoms with Crippen LogP contribution in [-0.4, -0.2) is 11.7 Å². The van der Waals surface area contributed by atoms with Gasteiger partial charge >= 0.3 is 0 Å². The van der Waals surface area contributed by atoms with Crippen molar-refractivity contribution in [3.8, 4) is 5.75 Å². The number of hydrogen-bond donors (Lipinski definition) is 1. The molecule has 0 fully saturated rings. The van der Waals surface area contributed by atoms with Crippen LogP contribution in [0.15, 0.2) is 40.9 Å². The largest absolute Gasteiger partial charge is 0.492 e. The third kappa shape index (κ3) is 3.63. The van der Waals surface area contributed by atoms with Gasteiger partial charge in [-0.2, -0.15) is 0 Å².